The van der Waals surface area contributed by atoms with E-state index in [9.17, 15) is 4.79 Å². The van der Waals surface area contributed by atoms with Gasteiger partial charge in [-0.2, -0.15) is 0 Å². The van der Waals surface area contributed by atoms with Gasteiger partial charge in [-0.1, -0.05) is 30.0 Å². The van der Waals surface area contributed by atoms with Gasteiger partial charge >= 0.3 is 0 Å². The Labute approximate surface area is 185 Å². The minimum absolute atomic E-state index is 0.0386. The number of hydrogen-bond acceptors (Lipinski definition) is 5. The lowest BCUT2D eigenvalue weighted by molar-refractivity contribution is 0.288. The first-order valence-electron chi connectivity index (χ1n) is 10.2. The SMILES string of the molecule is Cc1cc(C)c2[nH]c(CSc3nnc(COc4cccc(C)c4C)n3C)cc(=O)c2c1. The highest BCUT2D eigenvalue weighted by Crippen LogP contribution is 2.24. The van der Waals surface area contributed by atoms with E-state index in [-0.39, 0.29) is 5.43 Å². The molecule has 0 saturated heterocycles. The van der Waals surface area contributed by atoms with E-state index < -0.39 is 0 Å². The third-order valence-corrected chi connectivity index (χ3v) is 6.60. The van der Waals surface area contributed by atoms with Gasteiger partial charge in [0.05, 0.1) is 5.52 Å². The average Bonchev–Trinajstić information content (AvgIpc) is 3.08. The molecule has 6 nitrogen and oxygen atoms in total. The van der Waals surface area contributed by atoms with Gasteiger partial charge in [0.15, 0.2) is 16.4 Å². The number of nitrogens with zero attached hydrogens (tertiary/aromatic N) is 3. The molecule has 160 valence electrons. The summed E-state index contributed by atoms with van der Waals surface area (Å²) in [5.41, 5.74) is 6.29. The number of fused-ring (bicyclic) bond motifs is 1. The van der Waals surface area contributed by atoms with Crippen molar-refractivity contribution in [2.75, 3.05) is 0 Å². The smallest absolute Gasteiger partial charge is 0.191 e. The summed E-state index contributed by atoms with van der Waals surface area (Å²) in [6, 6.07) is 11.7. The van der Waals surface area contributed by atoms with Crippen LogP contribution in [0.2, 0.25) is 0 Å². The lowest BCUT2D eigenvalue weighted by Gasteiger charge is -2.10. The van der Waals surface area contributed by atoms with Crippen LogP contribution in [0.3, 0.4) is 0 Å². The van der Waals surface area contributed by atoms with Crippen LogP contribution in [0.25, 0.3) is 10.9 Å². The fraction of sp³-hybridized carbons (Fsp3) is 0.292. The molecular weight excluding hydrogens is 408 g/mol. The van der Waals surface area contributed by atoms with Crippen molar-refractivity contribution in [3.05, 3.63) is 80.4 Å². The fourth-order valence-corrected chi connectivity index (χ4v) is 4.44. The molecule has 0 fully saturated rings. The number of benzene rings is 2. The molecule has 0 saturated carbocycles. The quantitative estimate of drug-likeness (QED) is 0.443. The van der Waals surface area contributed by atoms with Crippen LogP contribution in [-0.2, 0) is 19.4 Å². The molecule has 0 unspecified atom stereocenters. The van der Waals surface area contributed by atoms with E-state index in [4.69, 9.17) is 4.74 Å². The summed E-state index contributed by atoms with van der Waals surface area (Å²) < 4.78 is 7.90. The number of aromatic nitrogens is 4. The van der Waals surface area contributed by atoms with E-state index in [0.717, 1.165) is 50.0 Å². The van der Waals surface area contributed by atoms with E-state index in [1.807, 2.05) is 43.7 Å². The van der Waals surface area contributed by atoms with E-state index >= 15 is 0 Å². The molecule has 4 aromatic rings. The second-order valence-corrected chi connectivity index (χ2v) is 8.84. The maximum absolute atomic E-state index is 12.6. The summed E-state index contributed by atoms with van der Waals surface area (Å²) in [4.78, 5) is 16.0. The van der Waals surface area contributed by atoms with Crippen molar-refractivity contribution in [2.24, 2.45) is 7.05 Å². The van der Waals surface area contributed by atoms with Gasteiger partial charge in [0.25, 0.3) is 0 Å². The Balaban J connectivity index is 1.48. The van der Waals surface area contributed by atoms with Crippen molar-refractivity contribution in [3.8, 4) is 5.75 Å². The number of ether oxygens (including phenoxy) is 1. The fourth-order valence-electron chi connectivity index (χ4n) is 3.60. The number of hydrogen-bond donors (Lipinski definition) is 1. The second-order valence-electron chi connectivity index (χ2n) is 7.90. The second kappa shape index (κ2) is 8.59. The lowest BCUT2D eigenvalue weighted by atomic mass is 10.1. The Bertz CT molecular complexity index is 1320. The Kier molecular flexibility index (Phi) is 5.87. The molecule has 0 aliphatic rings. The van der Waals surface area contributed by atoms with E-state index in [1.165, 1.54) is 17.3 Å². The predicted octanol–water partition coefficient (Wildman–Crippen LogP) is 4.76. The molecular formula is C24H26N4O2S. The normalized spacial score (nSPS) is 11.3. The highest BCUT2D eigenvalue weighted by molar-refractivity contribution is 7.98. The van der Waals surface area contributed by atoms with Gasteiger partial charge in [-0.05, 0) is 62.1 Å². The van der Waals surface area contributed by atoms with Gasteiger partial charge in [-0.3, -0.25) is 4.79 Å². The molecule has 7 heteroatoms. The standard InChI is InChI=1S/C24H26N4O2S/c1-14-9-16(3)23-19(10-14)20(29)11-18(25-23)13-31-24-27-26-22(28(24)5)12-30-21-8-6-7-15(2)17(21)4/h6-11H,12-13H2,1-5H3,(H,25,29). The zero-order valence-corrected chi connectivity index (χ0v) is 19.3. The van der Waals surface area contributed by atoms with Gasteiger partial charge in [-0.15, -0.1) is 10.2 Å². The monoisotopic (exact) mass is 434 g/mol. The first-order valence-corrected chi connectivity index (χ1v) is 11.2. The molecule has 0 amide bonds. The summed E-state index contributed by atoms with van der Waals surface area (Å²) >= 11 is 1.54. The molecule has 2 heterocycles. The Hall–Kier alpha value is -3.06. The first-order chi connectivity index (χ1) is 14.8. The number of aryl methyl sites for hydroxylation is 3. The molecule has 0 atom stereocenters. The van der Waals surface area contributed by atoms with Gasteiger partial charge in [0.1, 0.15) is 12.4 Å². The third-order valence-electron chi connectivity index (χ3n) is 5.53. The number of nitrogens with one attached hydrogen (secondary N) is 1. The molecule has 0 aliphatic carbocycles. The lowest BCUT2D eigenvalue weighted by Crippen LogP contribution is -2.07. The molecule has 0 aliphatic heterocycles. The zero-order valence-electron chi connectivity index (χ0n) is 18.4. The predicted molar refractivity (Wildman–Crippen MR) is 125 cm³/mol. The van der Waals surface area contributed by atoms with Crippen molar-refractivity contribution in [1.29, 1.82) is 0 Å². The van der Waals surface area contributed by atoms with Gasteiger partial charge < -0.3 is 14.3 Å². The third kappa shape index (κ3) is 4.37. The Morgan fingerprint density at radius 3 is 2.68 bits per heavy atom. The molecule has 2 aromatic heterocycles. The Morgan fingerprint density at radius 1 is 1.06 bits per heavy atom. The topological polar surface area (TPSA) is 72.8 Å². The zero-order chi connectivity index (χ0) is 22.1. The van der Waals surface area contributed by atoms with Crippen molar-refractivity contribution in [3.63, 3.8) is 0 Å². The summed E-state index contributed by atoms with van der Waals surface area (Å²) in [5, 5.41) is 10.1. The highest BCUT2D eigenvalue weighted by atomic mass is 32.2. The number of thioether (sulfide) groups is 1. The van der Waals surface area contributed by atoms with Crippen molar-refractivity contribution < 1.29 is 4.74 Å². The Morgan fingerprint density at radius 2 is 1.87 bits per heavy atom. The molecule has 0 spiro atoms. The number of aromatic amines is 1. The van der Waals surface area contributed by atoms with E-state index in [0.29, 0.717) is 12.4 Å². The van der Waals surface area contributed by atoms with E-state index in [1.54, 1.807) is 6.07 Å². The van der Waals surface area contributed by atoms with E-state index in [2.05, 4.69) is 41.2 Å². The maximum Gasteiger partial charge on any atom is 0.191 e. The highest BCUT2D eigenvalue weighted by Gasteiger charge is 2.12. The molecule has 1 N–H and O–H groups in total. The van der Waals surface area contributed by atoms with Gasteiger partial charge in [0.2, 0.25) is 0 Å². The van der Waals surface area contributed by atoms with Crippen molar-refractivity contribution in [2.45, 2.75) is 45.2 Å². The first kappa shape index (κ1) is 21.2. The van der Waals surface area contributed by atoms with Crippen LogP contribution in [0.1, 0.15) is 33.8 Å². The maximum atomic E-state index is 12.6. The van der Waals surface area contributed by atoms with Crippen molar-refractivity contribution >= 4 is 22.7 Å². The van der Waals surface area contributed by atoms with Gasteiger partial charge in [0, 0.05) is 29.9 Å². The number of pyridine rings is 1. The van der Waals surface area contributed by atoms with Crippen molar-refractivity contribution in [1.82, 2.24) is 19.7 Å². The summed E-state index contributed by atoms with van der Waals surface area (Å²) in [6.45, 7) is 8.49. The average molecular weight is 435 g/mol. The van der Waals surface area contributed by atoms with Crippen LogP contribution in [0.15, 0.2) is 46.3 Å². The van der Waals surface area contributed by atoms with Crippen LogP contribution in [0.5, 0.6) is 5.75 Å². The number of H-pyrrole nitrogens is 1. The van der Waals surface area contributed by atoms with Gasteiger partial charge in [-0.25, -0.2) is 0 Å². The molecule has 31 heavy (non-hydrogen) atoms. The van der Waals surface area contributed by atoms with Crippen LogP contribution >= 0.6 is 11.8 Å². The number of rotatable bonds is 6. The summed E-state index contributed by atoms with van der Waals surface area (Å²) in [7, 11) is 1.93. The van der Waals surface area contributed by atoms with Crippen LogP contribution in [-0.4, -0.2) is 19.7 Å². The molecule has 0 radical (unpaired) electrons. The summed E-state index contributed by atoms with van der Waals surface area (Å²) in [5.74, 6) is 2.21. The molecule has 4 rings (SSSR count). The van der Waals surface area contributed by atoms with Crippen LogP contribution in [0.4, 0.5) is 0 Å². The minimum atomic E-state index is 0.0386. The van der Waals surface area contributed by atoms with Crippen LogP contribution < -0.4 is 10.2 Å². The molecule has 2 aromatic carbocycles. The largest absolute Gasteiger partial charge is 0.485 e. The minimum Gasteiger partial charge on any atom is -0.485 e. The van der Waals surface area contributed by atoms with Crippen LogP contribution in [0, 0.1) is 27.7 Å². The molecule has 0 bridgehead atoms. The summed E-state index contributed by atoms with van der Waals surface area (Å²) in [6.07, 6.45) is 0.